The van der Waals surface area contributed by atoms with E-state index in [1.807, 2.05) is 0 Å². The largest absolute Gasteiger partial charge is 0.478 e. The highest BCUT2D eigenvalue weighted by atomic mass is 19.1. The molecule has 4 nitrogen and oxygen atoms in total. The van der Waals surface area contributed by atoms with Crippen molar-refractivity contribution in [2.24, 2.45) is 0 Å². The summed E-state index contributed by atoms with van der Waals surface area (Å²) in [5, 5.41) is 8.92. The molecule has 2 aromatic carbocycles. The molecule has 0 heterocycles. The second kappa shape index (κ2) is 4.09. The molecule has 98 valence electrons. The molecule has 0 amide bonds. The molecule has 0 bridgehead atoms. The van der Waals surface area contributed by atoms with Gasteiger partial charge in [-0.1, -0.05) is 0 Å². The van der Waals surface area contributed by atoms with Gasteiger partial charge in [0.25, 0.3) is 0 Å². The highest BCUT2D eigenvalue weighted by molar-refractivity contribution is 6.28. The maximum atomic E-state index is 13.2. The van der Waals surface area contributed by atoms with Gasteiger partial charge in [0.1, 0.15) is 5.82 Å². The third kappa shape index (κ3) is 1.64. The topological polar surface area (TPSA) is 71.4 Å². The molecule has 0 radical (unpaired) electrons. The van der Waals surface area contributed by atoms with Gasteiger partial charge in [-0.15, -0.1) is 0 Å². The van der Waals surface area contributed by atoms with Crippen LogP contribution in [0, 0.1) is 5.82 Å². The predicted molar refractivity (Wildman–Crippen MR) is 66.7 cm³/mol. The van der Waals surface area contributed by atoms with E-state index in [0.29, 0.717) is 0 Å². The fourth-order valence-corrected chi connectivity index (χ4v) is 2.26. The van der Waals surface area contributed by atoms with Crippen molar-refractivity contribution in [2.45, 2.75) is 0 Å². The van der Waals surface area contributed by atoms with Gasteiger partial charge in [-0.25, -0.2) is 9.18 Å². The maximum Gasteiger partial charge on any atom is 0.335 e. The van der Waals surface area contributed by atoms with Crippen molar-refractivity contribution in [1.82, 2.24) is 0 Å². The minimum absolute atomic E-state index is 0.00648. The van der Waals surface area contributed by atoms with Crippen LogP contribution in [0.5, 0.6) is 0 Å². The first kappa shape index (κ1) is 12.2. The van der Waals surface area contributed by atoms with Crippen LogP contribution < -0.4 is 0 Å². The fourth-order valence-electron chi connectivity index (χ4n) is 2.26. The van der Waals surface area contributed by atoms with Crippen molar-refractivity contribution in [3.05, 3.63) is 70.0 Å². The molecule has 0 atom stereocenters. The smallest absolute Gasteiger partial charge is 0.335 e. The molecule has 0 aromatic heterocycles. The summed E-state index contributed by atoms with van der Waals surface area (Å²) in [6.07, 6.45) is 0. The van der Waals surface area contributed by atoms with Gasteiger partial charge < -0.3 is 5.11 Å². The molecule has 1 aliphatic carbocycles. The van der Waals surface area contributed by atoms with Gasteiger partial charge in [-0.2, -0.15) is 0 Å². The number of ketones is 2. The third-order valence-corrected chi connectivity index (χ3v) is 3.23. The van der Waals surface area contributed by atoms with Crippen molar-refractivity contribution >= 4 is 17.5 Å². The van der Waals surface area contributed by atoms with Crippen LogP contribution in [0.1, 0.15) is 42.2 Å². The number of benzene rings is 2. The number of hydrogen-bond acceptors (Lipinski definition) is 3. The van der Waals surface area contributed by atoms with Gasteiger partial charge in [0, 0.05) is 22.3 Å². The number of carboxylic acid groups (broad SMARTS) is 1. The van der Waals surface area contributed by atoms with Gasteiger partial charge in [0.05, 0.1) is 5.56 Å². The second-order valence-corrected chi connectivity index (χ2v) is 4.41. The summed E-state index contributed by atoms with van der Waals surface area (Å²) < 4.78 is 13.2. The molecule has 2 aromatic rings. The molecular formula is C15H7FO4. The predicted octanol–water partition coefficient (Wildman–Crippen LogP) is 2.30. The van der Waals surface area contributed by atoms with Crippen molar-refractivity contribution in [3.8, 4) is 0 Å². The molecule has 0 spiro atoms. The Hall–Kier alpha value is -2.82. The first-order valence-corrected chi connectivity index (χ1v) is 5.75. The lowest BCUT2D eigenvalue weighted by Gasteiger charge is -2.17. The third-order valence-electron chi connectivity index (χ3n) is 3.23. The van der Waals surface area contributed by atoms with E-state index in [1.165, 1.54) is 18.2 Å². The summed E-state index contributed by atoms with van der Waals surface area (Å²) in [6, 6.07) is 7.09. The van der Waals surface area contributed by atoms with E-state index in [0.717, 1.165) is 18.2 Å². The van der Waals surface area contributed by atoms with E-state index in [1.54, 1.807) is 0 Å². The number of fused-ring (bicyclic) bond motifs is 2. The van der Waals surface area contributed by atoms with Gasteiger partial charge in [0.15, 0.2) is 11.6 Å². The minimum atomic E-state index is -1.20. The van der Waals surface area contributed by atoms with Gasteiger partial charge >= 0.3 is 5.97 Å². The van der Waals surface area contributed by atoms with Crippen LogP contribution >= 0.6 is 0 Å². The van der Waals surface area contributed by atoms with Gasteiger partial charge in [-0.3, -0.25) is 9.59 Å². The molecule has 0 unspecified atom stereocenters. The van der Waals surface area contributed by atoms with Gasteiger partial charge in [0.2, 0.25) is 0 Å². The number of carbonyl (C=O) groups is 3. The van der Waals surface area contributed by atoms with Crippen LogP contribution in [0.2, 0.25) is 0 Å². The average Bonchev–Trinajstić information content (AvgIpc) is 2.44. The first-order chi connectivity index (χ1) is 9.49. The van der Waals surface area contributed by atoms with Crippen LogP contribution in [0.4, 0.5) is 4.39 Å². The lowest BCUT2D eigenvalue weighted by atomic mass is 9.83. The Morgan fingerprint density at radius 1 is 0.850 bits per heavy atom. The number of hydrogen-bond donors (Lipinski definition) is 1. The van der Waals surface area contributed by atoms with Crippen LogP contribution in [0.15, 0.2) is 36.4 Å². The summed E-state index contributed by atoms with van der Waals surface area (Å²) in [4.78, 5) is 35.4. The summed E-state index contributed by atoms with van der Waals surface area (Å²) in [5.41, 5.74) is 0.133. The molecule has 0 fully saturated rings. The van der Waals surface area contributed by atoms with E-state index in [2.05, 4.69) is 0 Å². The summed E-state index contributed by atoms with van der Waals surface area (Å²) >= 11 is 0. The van der Waals surface area contributed by atoms with E-state index >= 15 is 0 Å². The molecule has 0 saturated carbocycles. The fraction of sp³-hybridized carbons (Fsp3) is 0. The van der Waals surface area contributed by atoms with Crippen molar-refractivity contribution in [3.63, 3.8) is 0 Å². The lowest BCUT2D eigenvalue weighted by molar-refractivity contribution is 0.0696. The number of aromatic carboxylic acids is 1. The van der Waals surface area contributed by atoms with Crippen molar-refractivity contribution < 1.29 is 23.9 Å². The minimum Gasteiger partial charge on any atom is -0.478 e. The number of carbonyl (C=O) groups excluding carboxylic acids is 2. The molecule has 20 heavy (non-hydrogen) atoms. The van der Waals surface area contributed by atoms with Crippen molar-refractivity contribution in [1.29, 1.82) is 0 Å². The van der Waals surface area contributed by atoms with E-state index in [4.69, 9.17) is 5.11 Å². The normalized spacial score (nSPS) is 12.8. The molecule has 3 rings (SSSR count). The van der Waals surface area contributed by atoms with Crippen LogP contribution in [0.25, 0.3) is 0 Å². The van der Waals surface area contributed by atoms with E-state index in [-0.39, 0.29) is 27.8 Å². The summed E-state index contributed by atoms with van der Waals surface area (Å²) in [6.45, 7) is 0. The SMILES string of the molecule is O=C(O)c1ccc2c(c1)C(=O)c1cc(F)ccc1C2=O. The van der Waals surface area contributed by atoms with Crippen molar-refractivity contribution in [2.75, 3.05) is 0 Å². The summed E-state index contributed by atoms with van der Waals surface area (Å²) in [7, 11) is 0. The lowest BCUT2D eigenvalue weighted by Crippen LogP contribution is -2.21. The molecule has 1 aliphatic rings. The molecule has 1 N–H and O–H groups in total. The van der Waals surface area contributed by atoms with Crippen LogP contribution in [-0.4, -0.2) is 22.6 Å². The second-order valence-electron chi connectivity index (χ2n) is 4.41. The average molecular weight is 270 g/mol. The zero-order valence-electron chi connectivity index (χ0n) is 10.0. The standard InChI is InChI=1S/C15H7FO4/c16-8-2-4-10-12(6-8)14(18)11-5-7(15(19)20)1-3-9(11)13(10)17/h1-6H,(H,19,20). The number of rotatable bonds is 1. The van der Waals surface area contributed by atoms with Gasteiger partial charge in [-0.05, 0) is 36.4 Å². The molecular weight excluding hydrogens is 263 g/mol. The molecule has 5 heteroatoms. The Balaban J connectivity index is 2.27. The van der Waals surface area contributed by atoms with E-state index in [9.17, 15) is 18.8 Å². The monoisotopic (exact) mass is 270 g/mol. The highest BCUT2D eigenvalue weighted by Crippen LogP contribution is 2.28. The Morgan fingerprint density at radius 2 is 1.40 bits per heavy atom. The van der Waals surface area contributed by atoms with Crippen LogP contribution in [-0.2, 0) is 0 Å². The highest BCUT2D eigenvalue weighted by Gasteiger charge is 2.30. The Kier molecular flexibility index (Phi) is 2.50. The zero-order valence-corrected chi connectivity index (χ0v) is 10.0. The molecule has 0 aliphatic heterocycles. The van der Waals surface area contributed by atoms with Crippen LogP contribution in [0.3, 0.4) is 0 Å². The number of carboxylic acids is 1. The van der Waals surface area contributed by atoms with E-state index < -0.39 is 23.4 Å². The number of halogens is 1. The molecule has 0 saturated heterocycles. The Labute approximate surface area is 112 Å². The Bertz CT molecular complexity index is 792. The Morgan fingerprint density at radius 3 is 2.05 bits per heavy atom. The first-order valence-electron chi connectivity index (χ1n) is 5.75. The quantitative estimate of drug-likeness (QED) is 0.736. The summed E-state index contributed by atoms with van der Waals surface area (Å²) in [5.74, 6) is -2.77. The maximum absolute atomic E-state index is 13.2. The zero-order chi connectivity index (χ0) is 14.4.